The Labute approximate surface area is 112 Å². The Balaban J connectivity index is 1.71. The van der Waals surface area contributed by atoms with Crippen molar-refractivity contribution in [3.8, 4) is 0 Å². The Hall–Kier alpha value is -0.430. The van der Waals surface area contributed by atoms with Gasteiger partial charge in [-0.3, -0.25) is 0 Å². The van der Waals surface area contributed by atoms with Gasteiger partial charge >= 0.3 is 0 Å². The first-order valence-electron chi connectivity index (χ1n) is 6.38. The molecule has 0 aromatic carbocycles. The number of hydrogen-bond acceptors (Lipinski definition) is 4. The summed E-state index contributed by atoms with van der Waals surface area (Å²) in [4.78, 5) is 1.38. The first kappa shape index (κ1) is 12.6. The highest BCUT2D eigenvalue weighted by Gasteiger charge is 2.37. The molecular formula is C12H18N2O2S2. The molecule has 2 saturated carbocycles. The summed E-state index contributed by atoms with van der Waals surface area (Å²) in [5.74, 6) is 0.478. The van der Waals surface area contributed by atoms with Crippen molar-refractivity contribution in [3.05, 3.63) is 16.3 Å². The second kappa shape index (κ2) is 4.59. The van der Waals surface area contributed by atoms with E-state index in [2.05, 4.69) is 17.0 Å². The number of sulfonamides is 1. The molecule has 4 nitrogen and oxygen atoms in total. The van der Waals surface area contributed by atoms with Crippen molar-refractivity contribution >= 4 is 21.4 Å². The second-order valence-corrected chi connectivity index (χ2v) is 7.99. The zero-order valence-corrected chi connectivity index (χ0v) is 12.0. The zero-order chi connectivity index (χ0) is 12.8. The summed E-state index contributed by atoms with van der Waals surface area (Å²) in [6.07, 6.45) is 3.38. The van der Waals surface area contributed by atoms with Crippen molar-refractivity contribution in [3.63, 3.8) is 0 Å². The van der Waals surface area contributed by atoms with E-state index in [0.717, 1.165) is 11.3 Å². The van der Waals surface area contributed by atoms with Crippen molar-refractivity contribution in [2.45, 2.75) is 49.7 Å². The summed E-state index contributed by atoms with van der Waals surface area (Å²) in [7, 11) is -3.32. The molecule has 1 heterocycles. The van der Waals surface area contributed by atoms with Crippen LogP contribution in [0, 0.1) is 5.92 Å². The molecular weight excluding hydrogens is 268 g/mol. The van der Waals surface area contributed by atoms with Crippen molar-refractivity contribution in [1.82, 2.24) is 10.0 Å². The smallest absolute Gasteiger partial charge is 0.241 e. The Kier molecular flexibility index (Phi) is 3.21. The van der Waals surface area contributed by atoms with Gasteiger partial charge in [0.15, 0.2) is 0 Å². The van der Waals surface area contributed by atoms with E-state index < -0.39 is 10.0 Å². The molecule has 18 heavy (non-hydrogen) atoms. The van der Waals surface area contributed by atoms with Gasteiger partial charge in [-0.05, 0) is 36.6 Å². The Morgan fingerprint density at radius 1 is 1.44 bits per heavy atom. The molecule has 6 heteroatoms. The third-order valence-corrected chi connectivity index (χ3v) is 6.16. The quantitative estimate of drug-likeness (QED) is 0.836. The maximum absolute atomic E-state index is 12.2. The van der Waals surface area contributed by atoms with Crippen LogP contribution < -0.4 is 10.0 Å². The molecule has 2 atom stereocenters. The van der Waals surface area contributed by atoms with E-state index in [1.807, 2.05) is 5.38 Å². The monoisotopic (exact) mass is 286 g/mol. The van der Waals surface area contributed by atoms with E-state index in [-0.39, 0.29) is 6.04 Å². The third kappa shape index (κ3) is 2.77. The van der Waals surface area contributed by atoms with Gasteiger partial charge in [0.2, 0.25) is 10.0 Å². The van der Waals surface area contributed by atoms with E-state index in [9.17, 15) is 8.42 Å². The number of hydrogen-bond donors (Lipinski definition) is 2. The molecule has 2 N–H and O–H groups in total. The van der Waals surface area contributed by atoms with Crippen LogP contribution in [0.2, 0.25) is 0 Å². The van der Waals surface area contributed by atoms with Gasteiger partial charge < -0.3 is 5.32 Å². The van der Waals surface area contributed by atoms with Gasteiger partial charge in [-0.25, -0.2) is 13.1 Å². The van der Waals surface area contributed by atoms with Crippen molar-refractivity contribution in [2.75, 3.05) is 0 Å². The van der Waals surface area contributed by atoms with Gasteiger partial charge in [0.1, 0.15) is 0 Å². The van der Waals surface area contributed by atoms with Gasteiger partial charge in [0, 0.05) is 23.5 Å². The zero-order valence-electron chi connectivity index (χ0n) is 10.3. The summed E-state index contributed by atoms with van der Waals surface area (Å²) in [5.41, 5.74) is 0. The van der Waals surface area contributed by atoms with Gasteiger partial charge in [-0.15, -0.1) is 11.3 Å². The normalized spacial score (nSPS) is 27.4. The molecule has 3 rings (SSSR count). The van der Waals surface area contributed by atoms with Crippen molar-refractivity contribution in [1.29, 1.82) is 0 Å². The lowest BCUT2D eigenvalue weighted by Crippen LogP contribution is -2.28. The third-order valence-electron chi connectivity index (χ3n) is 3.54. The van der Waals surface area contributed by atoms with Gasteiger partial charge in [0.25, 0.3) is 0 Å². The maximum Gasteiger partial charge on any atom is 0.241 e. The van der Waals surface area contributed by atoms with Crippen LogP contribution in [0.5, 0.6) is 0 Å². The predicted molar refractivity (Wildman–Crippen MR) is 72.1 cm³/mol. The van der Waals surface area contributed by atoms with Crippen molar-refractivity contribution in [2.24, 2.45) is 5.92 Å². The lowest BCUT2D eigenvalue weighted by Gasteiger charge is -2.07. The van der Waals surface area contributed by atoms with Gasteiger partial charge in [-0.2, -0.15) is 0 Å². The van der Waals surface area contributed by atoms with Crippen LogP contribution in [0.3, 0.4) is 0 Å². The summed E-state index contributed by atoms with van der Waals surface area (Å²) < 4.78 is 27.3. The topological polar surface area (TPSA) is 58.2 Å². The fourth-order valence-electron chi connectivity index (χ4n) is 1.97. The second-order valence-electron chi connectivity index (χ2n) is 5.30. The lowest BCUT2D eigenvalue weighted by molar-refractivity contribution is 0.576. The molecule has 100 valence electrons. The molecule has 0 spiro atoms. The molecule has 1 aromatic rings. The van der Waals surface area contributed by atoms with Crippen LogP contribution in [0.25, 0.3) is 0 Å². The Bertz CT molecular complexity index is 534. The van der Waals surface area contributed by atoms with Crippen LogP contribution in [0.15, 0.2) is 16.3 Å². The van der Waals surface area contributed by atoms with Gasteiger partial charge in [0.05, 0.1) is 4.90 Å². The molecule has 0 radical (unpaired) electrons. The number of thiophene rings is 1. The summed E-state index contributed by atoms with van der Waals surface area (Å²) >= 11 is 1.51. The molecule has 0 aliphatic heterocycles. The fraction of sp³-hybridized carbons (Fsp3) is 0.667. The summed E-state index contributed by atoms with van der Waals surface area (Å²) in [5, 5.41) is 5.22. The van der Waals surface area contributed by atoms with E-state index in [0.29, 0.717) is 23.4 Å². The van der Waals surface area contributed by atoms with Gasteiger partial charge in [-0.1, -0.05) is 6.92 Å². The molecule has 2 aliphatic carbocycles. The maximum atomic E-state index is 12.2. The first-order valence-corrected chi connectivity index (χ1v) is 8.74. The molecule has 2 aliphatic rings. The first-order chi connectivity index (χ1) is 8.56. The number of nitrogens with one attached hydrogen (secondary N) is 2. The van der Waals surface area contributed by atoms with Crippen LogP contribution in [-0.4, -0.2) is 20.5 Å². The molecule has 2 fully saturated rings. The molecule has 0 amide bonds. The van der Waals surface area contributed by atoms with Crippen LogP contribution in [0.1, 0.15) is 31.1 Å². The molecule has 0 saturated heterocycles. The average molecular weight is 286 g/mol. The molecule has 2 unspecified atom stereocenters. The standard InChI is InChI=1S/C12H18N2O2S2/c1-8-6-10(8)14-18(15,16)12-4-5-17-11(12)7-13-9-2-3-9/h4-5,8-10,13-14H,2-3,6-7H2,1H3. The number of rotatable bonds is 6. The van der Waals surface area contributed by atoms with E-state index in [1.165, 1.54) is 24.2 Å². The highest BCUT2D eigenvalue weighted by Crippen LogP contribution is 2.32. The Morgan fingerprint density at radius 2 is 2.17 bits per heavy atom. The Morgan fingerprint density at radius 3 is 2.78 bits per heavy atom. The van der Waals surface area contributed by atoms with Crippen LogP contribution >= 0.6 is 11.3 Å². The van der Waals surface area contributed by atoms with Crippen LogP contribution in [-0.2, 0) is 16.6 Å². The lowest BCUT2D eigenvalue weighted by atomic mass is 10.4. The largest absolute Gasteiger partial charge is 0.309 e. The van der Waals surface area contributed by atoms with Crippen molar-refractivity contribution < 1.29 is 8.42 Å². The minimum Gasteiger partial charge on any atom is -0.309 e. The SMILES string of the molecule is CC1CC1NS(=O)(=O)c1ccsc1CNC1CC1. The summed E-state index contributed by atoms with van der Waals surface area (Å²) in [6.45, 7) is 2.73. The predicted octanol–water partition coefficient (Wildman–Crippen LogP) is 1.69. The molecule has 1 aromatic heterocycles. The minimum absolute atomic E-state index is 0.138. The fourth-order valence-corrected chi connectivity index (χ4v) is 4.72. The molecule has 0 bridgehead atoms. The average Bonchev–Trinajstić information content (AvgIpc) is 3.19. The van der Waals surface area contributed by atoms with Crippen LogP contribution in [0.4, 0.5) is 0 Å². The van der Waals surface area contributed by atoms with E-state index in [1.54, 1.807) is 6.07 Å². The summed E-state index contributed by atoms with van der Waals surface area (Å²) in [6, 6.07) is 2.45. The van der Waals surface area contributed by atoms with E-state index >= 15 is 0 Å². The highest BCUT2D eigenvalue weighted by atomic mass is 32.2. The van der Waals surface area contributed by atoms with E-state index in [4.69, 9.17) is 0 Å². The minimum atomic E-state index is -3.32. The highest BCUT2D eigenvalue weighted by molar-refractivity contribution is 7.89.